The Morgan fingerprint density at radius 2 is 1.81 bits per heavy atom. The van der Waals surface area contributed by atoms with E-state index in [4.69, 9.17) is 0 Å². The third-order valence-electron chi connectivity index (χ3n) is 4.97. The molecule has 1 atom stereocenters. The molecule has 1 N–H and O–H groups in total. The van der Waals surface area contributed by atoms with Crippen LogP contribution in [-0.4, -0.2) is 51.0 Å². The number of aryl methyl sites for hydroxylation is 2. The largest absolute Gasteiger partial charge is 0.357 e. The lowest BCUT2D eigenvalue weighted by molar-refractivity contribution is -0.139. The van der Waals surface area contributed by atoms with Crippen LogP contribution in [0.25, 0.3) is 0 Å². The van der Waals surface area contributed by atoms with Gasteiger partial charge in [-0.05, 0) is 55.7 Å². The van der Waals surface area contributed by atoms with Crippen molar-refractivity contribution < 1.29 is 18.0 Å². The Hall–Kier alpha value is -2.39. The standard InChI is InChI=1S/C22H28BrN3O4S/c1-15-9-10-16(2)20(11-15)26(31(5,29)30)14-21(27)25(17(3)22(28)24-4)13-18-7-6-8-19(23)12-18/h6-12,17H,13-14H2,1-5H3,(H,24,28)/t17-/m1/s1. The molecule has 2 aromatic rings. The molecule has 31 heavy (non-hydrogen) atoms. The number of carbonyl (C=O) groups excluding carboxylic acids is 2. The van der Waals surface area contributed by atoms with Crippen LogP contribution in [-0.2, 0) is 26.2 Å². The summed E-state index contributed by atoms with van der Waals surface area (Å²) in [7, 11) is -2.24. The summed E-state index contributed by atoms with van der Waals surface area (Å²) in [5.41, 5.74) is 2.88. The summed E-state index contributed by atoms with van der Waals surface area (Å²) in [5, 5.41) is 2.56. The zero-order chi connectivity index (χ0) is 23.3. The van der Waals surface area contributed by atoms with E-state index in [1.165, 1.54) is 11.9 Å². The lowest BCUT2D eigenvalue weighted by atomic mass is 10.1. The van der Waals surface area contributed by atoms with Gasteiger partial charge in [-0.25, -0.2) is 8.42 Å². The highest BCUT2D eigenvalue weighted by molar-refractivity contribution is 9.10. The summed E-state index contributed by atoms with van der Waals surface area (Å²) in [6.45, 7) is 5.04. The van der Waals surface area contributed by atoms with E-state index < -0.39 is 28.5 Å². The number of hydrogen-bond donors (Lipinski definition) is 1. The van der Waals surface area contributed by atoms with E-state index in [-0.39, 0.29) is 12.5 Å². The van der Waals surface area contributed by atoms with Gasteiger partial charge in [-0.3, -0.25) is 13.9 Å². The van der Waals surface area contributed by atoms with Crippen molar-refractivity contribution in [3.63, 3.8) is 0 Å². The molecule has 0 unspecified atom stereocenters. The Kier molecular flexibility index (Phi) is 8.25. The average Bonchev–Trinajstić information content (AvgIpc) is 2.70. The van der Waals surface area contributed by atoms with Gasteiger partial charge >= 0.3 is 0 Å². The SMILES string of the molecule is CNC(=O)[C@@H](C)N(Cc1cccc(Br)c1)C(=O)CN(c1cc(C)ccc1C)S(C)(=O)=O. The second-order valence-electron chi connectivity index (χ2n) is 7.50. The number of carbonyl (C=O) groups is 2. The molecule has 0 aliphatic heterocycles. The van der Waals surface area contributed by atoms with Gasteiger partial charge in [0.2, 0.25) is 21.8 Å². The van der Waals surface area contributed by atoms with E-state index in [2.05, 4.69) is 21.2 Å². The summed E-state index contributed by atoms with van der Waals surface area (Å²) >= 11 is 3.41. The summed E-state index contributed by atoms with van der Waals surface area (Å²) in [5.74, 6) is -0.802. The minimum atomic E-state index is -3.74. The van der Waals surface area contributed by atoms with Gasteiger partial charge in [0.1, 0.15) is 12.6 Å². The van der Waals surface area contributed by atoms with Crippen molar-refractivity contribution in [1.29, 1.82) is 0 Å². The summed E-state index contributed by atoms with van der Waals surface area (Å²) in [6.07, 6.45) is 1.07. The molecule has 0 fully saturated rings. The van der Waals surface area contributed by atoms with Crippen LogP contribution in [0.15, 0.2) is 46.9 Å². The Labute approximate surface area is 192 Å². The van der Waals surface area contributed by atoms with Crippen LogP contribution < -0.4 is 9.62 Å². The number of nitrogens with zero attached hydrogens (tertiary/aromatic N) is 2. The number of amides is 2. The molecule has 0 saturated carbocycles. The fraction of sp³-hybridized carbons (Fsp3) is 0.364. The van der Waals surface area contributed by atoms with Crippen molar-refractivity contribution in [2.45, 2.75) is 33.4 Å². The minimum absolute atomic E-state index is 0.164. The maximum Gasteiger partial charge on any atom is 0.244 e. The third kappa shape index (κ3) is 6.54. The number of anilines is 1. The number of nitrogens with one attached hydrogen (secondary N) is 1. The van der Waals surface area contributed by atoms with E-state index in [1.807, 2.05) is 43.3 Å². The molecule has 0 heterocycles. The Bertz CT molecular complexity index is 1070. The van der Waals surface area contributed by atoms with Gasteiger partial charge in [-0.15, -0.1) is 0 Å². The second-order valence-corrected chi connectivity index (χ2v) is 10.3. The van der Waals surface area contributed by atoms with E-state index in [0.29, 0.717) is 5.69 Å². The van der Waals surface area contributed by atoms with Crippen molar-refractivity contribution in [3.8, 4) is 0 Å². The second kappa shape index (κ2) is 10.3. The highest BCUT2D eigenvalue weighted by Gasteiger charge is 2.30. The zero-order valence-electron chi connectivity index (χ0n) is 18.3. The molecule has 2 aromatic carbocycles. The zero-order valence-corrected chi connectivity index (χ0v) is 20.7. The lowest BCUT2D eigenvalue weighted by Gasteiger charge is -2.31. The maximum atomic E-state index is 13.3. The molecule has 0 aromatic heterocycles. The summed E-state index contributed by atoms with van der Waals surface area (Å²) in [6, 6.07) is 12.1. The predicted octanol–water partition coefficient (Wildman–Crippen LogP) is 3.00. The molecule has 0 aliphatic carbocycles. The fourth-order valence-electron chi connectivity index (χ4n) is 3.21. The Morgan fingerprint density at radius 3 is 2.39 bits per heavy atom. The highest BCUT2D eigenvalue weighted by Crippen LogP contribution is 2.24. The molecule has 2 amide bonds. The van der Waals surface area contributed by atoms with Crippen LogP contribution in [0, 0.1) is 13.8 Å². The molecule has 168 valence electrons. The van der Waals surface area contributed by atoms with Crippen molar-refractivity contribution in [2.75, 3.05) is 24.2 Å². The molecule has 0 spiro atoms. The van der Waals surface area contributed by atoms with Gasteiger partial charge in [0, 0.05) is 18.1 Å². The number of likely N-dealkylation sites (N-methyl/N-ethyl adjacent to an activating group) is 1. The first-order chi connectivity index (χ1) is 14.4. The van der Waals surface area contributed by atoms with E-state index in [1.54, 1.807) is 19.9 Å². The molecule has 0 saturated heterocycles. The van der Waals surface area contributed by atoms with Crippen molar-refractivity contribution >= 4 is 43.5 Å². The molecule has 9 heteroatoms. The molecular formula is C22H28BrN3O4S. The fourth-order valence-corrected chi connectivity index (χ4v) is 4.55. The molecular weight excluding hydrogens is 482 g/mol. The van der Waals surface area contributed by atoms with Crippen molar-refractivity contribution in [3.05, 3.63) is 63.6 Å². The quantitative estimate of drug-likeness (QED) is 0.592. The average molecular weight is 510 g/mol. The highest BCUT2D eigenvalue weighted by atomic mass is 79.9. The number of halogens is 1. The van der Waals surface area contributed by atoms with Crippen molar-refractivity contribution in [1.82, 2.24) is 10.2 Å². The minimum Gasteiger partial charge on any atom is -0.357 e. The molecule has 2 rings (SSSR count). The number of rotatable bonds is 8. The van der Waals surface area contributed by atoms with Gasteiger partial charge in [0.15, 0.2) is 0 Å². The topological polar surface area (TPSA) is 86.8 Å². The normalized spacial score (nSPS) is 12.2. The van der Waals surface area contributed by atoms with Gasteiger partial charge in [0.05, 0.1) is 11.9 Å². The predicted molar refractivity (Wildman–Crippen MR) is 126 cm³/mol. The monoisotopic (exact) mass is 509 g/mol. The molecule has 7 nitrogen and oxygen atoms in total. The Morgan fingerprint density at radius 1 is 1.13 bits per heavy atom. The first-order valence-corrected chi connectivity index (χ1v) is 12.4. The van der Waals surface area contributed by atoms with Crippen LogP contribution in [0.4, 0.5) is 5.69 Å². The number of sulfonamides is 1. The smallest absolute Gasteiger partial charge is 0.244 e. The van der Waals surface area contributed by atoms with Gasteiger partial charge in [-0.2, -0.15) is 0 Å². The van der Waals surface area contributed by atoms with Crippen LogP contribution in [0.3, 0.4) is 0 Å². The first kappa shape index (κ1) is 24.9. The van der Waals surface area contributed by atoms with E-state index in [9.17, 15) is 18.0 Å². The van der Waals surface area contributed by atoms with Gasteiger partial charge in [0.25, 0.3) is 0 Å². The summed E-state index contributed by atoms with van der Waals surface area (Å²) < 4.78 is 27.1. The maximum absolute atomic E-state index is 13.3. The molecule has 0 radical (unpaired) electrons. The van der Waals surface area contributed by atoms with Crippen LogP contribution in [0.1, 0.15) is 23.6 Å². The van der Waals surface area contributed by atoms with Gasteiger partial charge in [-0.1, -0.05) is 40.2 Å². The number of benzene rings is 2. The van der Waals surface area contributed by atoms with Crippen LogP contribution in [0.2, 0.25) is 0 Å². The van der Waals surface area contributed by atoms with Crippen LogP contribution >= 0.6 is 15.9 Å². The summed E-state index contributed by atoms with van der Waals surface area (Å²) in [4.78, 5) is 27.1. The van der Waals surface area contributed by atoms with E-state index in [0.717, 1.165) is 31.7 Å². The van der Waals surface area contributed by atoms with Crippen LogP contribution in [0.5, 0.6) is 0 Å². The Balaban J connectivity index is 2.43. The first-order valence-electron chi connectivity index (χ1n) is 9.74. The van der Waals surface area contributed by atoms with Crippen molar-refractivity contribution in [2.24, 2.45) is 0 Å². The molecule has 0 bridgehead atoms. The molecule has 0 aliphatic rings. The van der Waals surface area contributed by atoms with E-state index >= 15 is 0 Å². The van der Waals surface area contributed by atoms with Gasteiger partial charge < -0.3 is 10.2 Å². The lowest BCUT2D eigenvalue weighted by Crippen LogP contribution is -2.50. The number of hydrogen-bond acceptors (Lipinski definition) is 4. The third-order valence-corrected chi connectivity index (χ3v) is 6.59.